The molecular formula is C20H28N2O3. The molecule has 2 heterocycles. The van der Waals surface area contributed by atoms with Crippen molar-refractivity contribution in [3.63, 3.8) is 0 Å². The Labute approximate surface area is 149 Å². The minimum atomic E-state index is -0.808. The lowest BCUT2D eigenvalue weighted by atomic mass is 9.87. The standard InChI is InChI=1S/C20H28N2O3/c1-13-8-6-7-9-16(13)18-17-12-21(19(24)20(3,4)25-5)10-15(17)11-22(18)14(2)23/h6-9,15,17-18H,10-12H2,1-5H3/t15-,17-,18+/m1/s1. The van der Waals surface area contributed by atoms with Crippen molar-refractivity contribution in [1.29, 1.82) is 0 Å². The Morgan fingerprint density at radius 1 is 1.16 bits per heavy atom. The molecule has 1 aromatic rings. The highest BCUT2D eigenvalue weighted by atomic mass is 16.5. The number of ether oxygens (including phenoxy) is 1. The smallest absolute Gasteiger partial charge is 0.254 e. The molecule has 3 rings (SSSR count). The van der Waals surface area contributed by atoms with E-state index in [2.05, 4.69) is 19.1 Å². The lowest BCUT2D eigenvalue weighted by molar-refractivity contribution is -0.150. The minimum Gasteiger partial charge on any atom is -0.369 e. The second-order valence-corrected chi connectivity index (χ2v) is 7.82. The summed E-state index contributed by atoms with van der Waals surface area (Å²) in [7, 11) is 1.57. The molecule has 5 heteroatoms. The molecule has 2 saturated heterocycles. The zero-order valence-corrected chi connectivity index (χ0v) is 15.8. The van der Waals surface area contributed by atoms with Crippen LogP contribution in [0, 0.1) is 18.8 Å². The van der Waals surface area contributed by atoms with Gasteiger partial charge in [-0.1, -0.05) is 24.3 Å². The normalized spacial score (nSPS) is 26.0. The number of amides is 2. The molecule has 0 aromatic heterocycles. The Hall–Kier alpha value is -1.88. The molecule has 25 heavy (non-hydrogen) atoms. The van der Waals surface area contributed by atoms with Gasteiger partial charge >= 0.3 is 0 Å². The van der Waals surface area contributed by atoms with Crippen LogP contribution in [0.4, 0.5) is 0 Å². The van der Waals surface area contributed by atoms with E-state index in [-0.39, 0.29) is 23.8 Å². The van der Waals surface area contributed by atoms with E-state index in [9.17, 15) is 9.59 Å². The fraction of sp³-hybridized carbons (Fsp3) is 0.600. The molecule has 0 spiro atoms. The first-order valence-electron chi connectivity index (χ1n) is 8.93. The molecule has 5 nitrogen and oxygen atoms in total. The van der Waals surface area contributed by atoms with Crippen LogP contribution in [0.25, 0.3) is 0 Å². The van der Waals surface area contributed by atoms with Gasteiger partial charge < -0.3 is 14.5 Å². The second kappa shape index (κ2) is 6.45. The van der Waals surface area contributed by atoms with E-state index < -0.39 is 5.60 Å². The van der Waals surface area contributed by atoms with Gasteiger partial charge in [-0.15, -0.1) is 0 Å². The third-order valence-corrected chi connectivity index (χ3v) is 5.89. The van der Waals surface area contributed by atoms with Crippen LogP contribution in [0.15, 0.2) is 24.3 Å². The quantitative estimate of drug-likeness (QED) is 0.846. The number of carbonyl (C=O) groups is 2. The van der Waals surface area contributed by atoms with Crippen LogP contribution in [0.2, 0.25) is 0 Å². The van der Waals surface area contributed by atoms with Crippen LogP contribution in [-0.4, -0.2) is 54.0 Å². The first-order valence-corrected chi connectivity index (χ1v) is 8.93. The number of fused-ring (bicyclic) bond motifs is 1. The van der Waals surface area contributed by atoms with E-state index in [1.165, 1.54) is 11.1 Å². The van der Waals surface area contributed by atoms with Gasteiger partial charge in [0.2, 0.25) is 5.91 Å². The van der Waals surface area contributed by atoms with Gasteiger partial charge in [-0.3, -0.25) is 9.59 Å². The average Bonchev–Trinajstić information content (AvgIpc) is 3.12. The number of likely N-dealkylation sites (tertiary alicyclic amines) is 2. The van der Waals surface area contributed by atoms with Crippen LogP contribution < -0.4 is 0 Å². The highest BCUT2D eigenvalue weighted by molar-refractivity contribution is 5.85. The van der Waals surface area contributed by atoms with Crippen LogP contribution in [0.3, 0.4) is 0 Å². The molecule has 2 amide bonds. The highest BCUT2D eigenvalue weighted by Crippen LogP contribution is 2.46. The van der Waals surface area contributed by atoms with Crippen molar-refractivity contribution in [1.82, 2.24) is 9.80 Å². The summed E-state index contributed by atoms with van der Waals surface area (Å²) < 4.78 is 5.37. The summed E-state index contributed by atoms with van der Waals surface area (Å²) in [6.07, 6.45) is 0. The fourth-order valence-electron chi connectivity index (χ4n) is 4.32. The van der Waals surface area contributed by atoms with Gasteiger partial charge in [-0.25, -0.2) is 0 Å². The summed E-state index contributed by atoms with van der Waals surface area (Å²) in [5, 5.41) is 0. The average molecular weight is 344 g/mol. The molecule has 0 N–H and O–H groups in total. The fourth-order valence-corrected chi connectivity index (χ4v) is 4.32. The molecule has 2 aliphatic rings. The van der Waals surface area contributed by atoms with Gasteiger partial charge in [-0.05, 0) is 31.9 Å². The molecule has 136 valence electrons. The zero-order valence-electron chi connectivity index (χ0n) is 15.8. The SMILES string of the molecule is COC(C)(C)C(=O)N1C[C@@H]2CN(C(C)=O)[C@@H](c3ccccc3C)[C@@H]2C1. The Morgan fingerprint density at radius 2 is 1.84 bits per heavy atom. The zero-order chi connectivity index (χ0) is 18.4. The number of aryl methyl sites for hydroxylation is 1. The number of rotatable bonds is 3. The lowest BCUT2D eigenvalue weighted by Gasteiger charge is -2.32. The number of benzene rings is 1. The van der Waals surface area contributed by atoms with Crippen molar-refractivity contribution >= 4 is 11.8 Å². The van der Waals surface area contributed by atoms with Crippen LogP contribution in [-0.2, 0) is 14.3 Å². The summed E-state index contributed by atoms with van der Waals surface area (Å²) >= 11 is 0. The highest BCUT2D eigenvalue weighted by Gasteiger charge is 2.51. The Bertz CT molecular complexity index is 685. The molecule has 1 aromatic carbocycles. The third-order valence-electron chi connectivity index (χ3n) is 5.89. The molecule has 2 aliphatic heterocycles. The van der Waals surface area contributed by atoms with Crippen molar-refractivity contribution < 1.29 is 14.3 Å². The van der Waals surface area contributed by atoms with E-state index >= 15 is 0 Å². The van der Waals surface area contributed by atoms with E-state index in [0.29, 0.717) is 19.0 Å². The predicted octanol–water partition coefficient (Wildman–Crippen LogP) is 2.40. The van der Waals surface area contributed by atoms with E-state index in [1.54, 1.807) is 14.0 Å². The molecule has 0 bridgehead atoms. The molecule has 0 radical (unpaired) electrons. The number of nitrogens with zero attached hydrogens (tertiary/aromatic N) is 2. The molecular weight excluding hydrogens is 316 g/mol. The maximum atomic E-state index is 12.8. The van der Waals surface area contributed by atoms with Crippen molar-refractivity contribution in [2.24, 2.45) is 11.8 Å². The third kappa shape index (κ3) is 3.06. The summed E-state index contributed by atoms with van der Waals surface area (Å²) in [4.78, 5) is 28.9. The maximum absolute atomic E-state index is 12.8. The van der Waals surface area contributed by atoms with Crippen molar-refractivity contribution in [3.05, 3.63) is 35.4 Å². The molecule has 0 aliphatic carbocycles. The van der Waals surface area contributed by atoms with Crippen molar-refractivity contribution in [2.45, 2.75) is 39.3 Å². The van der Waals surface area contributed by atoms with Crippen LogP contribution in [0.1, 0.15) is 37.9 Å². The summed E-state index contributed by atoms with van der Waals surface area (Å²) in [6, 6.07) is 8.30. The second-order valence-electron chi connectivity index (χ2n) is 7.82. The molecule has 3 atom stereocenters. The predicted molar refractivity (Wildman–Crippen MR) is 96.0 cm³/mol. The number of methoxy groups -OCH3 is 1. The number of hydrogen-bond acceptors (Lipinski definition) is 3. The van der Waals surface area contributed by atoms with Crippen molar-refractivity contribution in [2.75, 3.05) is 26.7 Å². The summed E-state index contributed by atoms with van der Waals surface area (Å²) in [5.41, 5.74) is 1.59. The monoisotopic (exact) mass is 344 g/mol. The van der Waals surface area contributed by atoms with Crippen molar-refractivity contribution in [3.8, 4) is 0 Å². The summed E-state index contributed by atoms with van der Waals surface area (Å²) in [6.45, 7) is 9.45. The van der Waals surface area contributed by atoms with Crippen LogP contribution in [0.5, 0.6) is 0 Å². The minimum absolute atomic E-state index is 0.0299. The largest absolute Gasteiger partial charge is 0.369 e. The molecule has 0 unspecified atom stereocenters. The van der Waals surface area contributed by atoms with Gasteiger partial charge in [0, 0.05) is 45.5 Å². The van der Waals surface area contributed by atoms with Gasteiger partial charge in [0.1, 0.15) is 5.60 Å². The van der Waals surface area contributed by atoms with E-state index in [1.807, 2.05) is 35.8 Å². The van der Waals surface area contributed by atoms with Gasteiger partial charge in [-0.2, -0.15) is 0 Å². The topological polar surface area (TPSA) is 49.9 Å². The first kappa shape index (κ1) is 17.9. The van der Waals surface area contributed by atoms with Gasteiger partial charge in [0.05, 0.1) is 6.04 Å². The van der Waals surface area contributed by atoms with Gasteiger partial charge in [0.25, 0.3) is 5.91 Å². The summed E-state index contributed by atoms with van der Waals surface area (Å²) in [5.74, 6) is 0.742. The maximum Gasteiger partial charge on any atom is 0.254 e. The Balaban J connectivity index is 1.89. The number of hydrogen-bond donors (Lipinski definition) is 0. The lowest BCUT2D eigenvalue weighted by Crippen LogP contribution is -2.46. The van der Waals surface area contributed by atoms with Gasteiger partial charge in [0.15, 0.2) is 0 Å². The van der Waals surface area contributed by atoms with Crippen LogP contribution >= 0.6 is 0 Å². The number of carbonyl (C=O) groups excluding carboxylic acids is 2. The Kier molecular flexibility index (Phi) is 4.62. The van der Waals surface area contributed by atoms with E-state index in [4.69, 9.17) is 4.74 Å². The first-order chi connectivity index (χ1) is 11.8. The molecule has 2 fully saturated rings. The van der Waals surface area contributed by atoms with E-state index in [0.717, 1.165) is 6.54 Å². The molecule has 0 saturated carbocycles. The Morgan fingerprint density at radius 3 is 2.44 bits per heavy atom.